The molecule has 3 aromatic rings. The van der Waals surface area contributed by atoms with Gasteiger partial charge in [0.2, 0.25) is 0 Å². The fourth-order valence-corrected chi connectivity index (χ4v) is 1.98. The van der Waals surface area contributed by atoms with Crippen LogP contribution in [0.5, 0.6) is 0 Å². The zero-order valence-corrected chi connectivity index (χ0v) is 9.34. The van der Waals surface area contributed by atoms with Crippen LogP contribution < -0.4 is 0 Å². The minimum absolute atomic E-state index is 0.583. The number of hydrogen-bond acceptors (Lipinski definition) is 3. The Morgan fingerprint density at radius 1 is 0.941 bits per heavy atom. The molecular formula is C14H10N2O. The quantitative estimate of drug-likeness (QED) is 0.469. The van der Waals surface area contributed by atoms with Crippen molar-refractivity contribution >= 4 is 28.4 Å². The Bertz CT molecular complexity index is 735. The molecule has 2 aromatic carbocycles. The van der Waals surface area contributed by atoms with E-state index in [4.69, 9.17) is 0 Å². The number of hydrogen-bond donors (Lipinski definition) is 0. The average Bonchev–Trinajstić information content (AvgIpc) is 2.36. The van der Waals surface area contributed by atoms with Gasteiger partial charge in [0.1, 0.15) is 0 Å². The number of aromatic nitrogens is 2. The van der Waals surface area contributed by atoms with E-state index in [0.29, 0.717) is 11.1 Å². The third-order valence-electron chi connectivity index (χ3n) is 2.85. The summed E-state index contributed by atoms with van der Waals surface area (Å²) in [5, 5.41) is 0. The highest BCUT2D eigenvalue weighted by molar-refractivity contribution is 5.97. The highest BCUT2D eigenvalue weighted by atomic mass is 16.1. The van der Waals surface area contributed by atoms with Gasteiger partial charge < -0.3 is 0 Å². The Labute approximate surface area is 98.1 Å². The molecule has 3 heteroatoms. The fraction of sp³-hybridized carbons (Fsp3) is 0.0714. The van der Waals surface area contributed by atoms with E-state index in [2.05, 4.69) is 9.97 Å². The maximum Gasteiger partial charge on any atom is 0.152 e. The van der Waals surface area contributed by atoms with E-state index in [0.717, 1.165) is 28.4 Å². The summed E-state index contributed by atoms with van der Waals surface area (Å²) in [4.78, 5) is 20.1. The third kappa shape index (κ3) is 1.47. The van der Waals surface area contributed by atoms with Crippen LogP contribution in [-0.4, -0.2) is 16.3 Å². The Kier molecular flexibility index (Phi) is 2.11. The van der Waals surface area contributed by atoms with Crippen LogP contribution in [0.4, 0.5) is 0 Å². The van der Waals surface area contributed by atoms with E-state index >= 15 is 0 Å². The van der Waals surface area contributed by atoms with Crippen molar-refractivity contribution in [3.8, 4) is 0 Å². The highest BCUT2D eigenvalue weighted by Gasteiger charge is 2.06. The largest absolute Gasteiger partial charge is 0.298 e. The molecule has 3 nitrogen and oxygen atoms in total. The lowest BCUT2D eigenvalue weighted by atomic mass is 10.1. The van der Waals surface area contributed by atoms with Crippen molar-refractivity contribution in [1.82, 2.24) is 9.97 Å². The molecule has 0 N–H and O–H groups in total. The molecule has 0 fully saturated rings. The minimum atomic E-state index is 0.583. The summed E-state index contributed by atoms with van der Waals surface area (Å²) in [6.45, 7) is 1.99. The maximum absolute atomic E-state index is 11.0. The van der Waals surface area contributed by atoms with Crippen molar-refractivity contribution in [2.24, 2.45) is 0 Å². The van der Waals surface area contributed by atoms with Crippen molar-refractivity contribution in [2.45, 2.75) is 6.92 Å². The van der Waals surface area contributed by atoms with Crippen molar-refractivity contribution in [2.75, 3.05) is 0 Å². The molecular weight excluding hydrogens is 212 g/mol. The third-order valence-corrected chi connectivity index (χ3v) is 2.85. The molecule has 3 rings (SSSR count). The number of carbonyl (C=O) groups is 1. The Hall–Kier alpha value is -2.29. The molecule has 0 spiro atoms. The summed E-state index contributed by atoms with van der Waals surface area (Å²) in [6, 6.07) is 11.3. The van der Waals surface area contributed by atoms with Gasteiger partial charge in [-0.3, -0.25) is 4.79 Å². The lowest BCUT2D eigenvalue weighted by Crippen LogP contribution is -1.93. The number of aldehydes is 1. The topological polar surface area (TPSA) is 42.9 Å². The first-order chi connectivity index (χ1) is 8.29. The van der Waals surface area contributed by atoms with Crippen LogP contribution in [0.1, 0.15) is 15.9 Å². The van der Waals surface area contributed by atoms with Gasteiger partial charge >= 0.3 is 0 Å². The zero-order chi connectivity index (χ0) is 11.8. The smallest absolute Gasteiger partial charge is 0.152 e. The summed E-state index contributed by atoms with van der Waals surface area (Å²) in [5.74, 6) is 0. The van der Waals surface area contributed by atoms with E-state index in [9.17, 15) is 4.79 Å². The number of nitrogens with zero attached hydrogens (tertiary/aromatic N) is 2. The molecule has 0 atom stereocenters. The molecule has 0 aliphatic carbocycles. The molecule has 0 amide bonds. The fourth-order valence-electron chi connectivity index (χ4n) is 1.98. The highest BCUT2D eigenvalue weighted by Crippen LogP contribution is 2.20. The van der Waals surface area contributed by atoms with Gasteiger partial charge in [0.05, 0.1) is 22.1 Å². The second-order valence-corrected chi connectivity index (χ2v) is 4.00. The van der Waals surface area contributed by atoms with E-state index in [1.807, 2.05) is 37.3 Å². The maximum atomic E-state index is 11.0. The number of para-hydroxylation sites is 2. The zero-order valence-electron chi connectivity index (χ0n) is 9.34. The van der Waals surface area contributed by atoms with Crippen molar-refractivity contribution in [3.05, 3.63) is 47.5 Å². The Balaban J connectivity index is 2.53. The minimum Gasteiger partial charge on any atom is -0.298 e. The van der Waals surface area contributed by atoms with E-state index in [1.165, 1.54) is 0 Å². The van der Waals surface area contributed by atoms with Crippen LogP contribution in [0, 0.1) is 6.92 Å². The SMILES string of the molecule is Cc1cccc2nc3cccc(C=O)c3nc12. The van der Waals surface area contributed by atoms with Gasteiger partial charge in [0.25, 0.3) is 0 Å². The number of carbonyl (C=O) groups excluding carboxylic acids is 1. The first-order valence-corrected chi connectivity index (χ1v) is 5.41. The Morgan fingerprint density at radius 3 is 2.41 bits per heavy atom. The molecule has 0 radical (unpaired) electrons. The van der Waals surface area contributed by atoms with Crippen LogP contribution in [-0.2, 0) is 0 Å². The molecule has 0 aliphatic heterocycles. The van der Waals surface area contributed by atoms with Crippen LogP contribution in [0.25, 0.3) is 22.1 Å². The summed E-state index contributed by atoms with van der Waals surface area (Å²) in [6.07, 6.45) is 0.821. The van der Waals surface area contributed by atoms with Gasteiger partial charge in [-0.25, -0.2) is 9.97 Å². The number of rotatable bonds is 1. The van der Waals surface area contributed by atoms with Crippen LogP contribution >= 0.6 is 0 Å². The number of benzene rings is 2. The van der Waals surface area contributed by atoms with Gasteiger partial charge in [-0.05, 0) is 30.7 Å². The first kappa shape index (κ1) is 9.90. The molecule has 0 bridgehead atoms. The average molecular weight is 222 g/mol. The van der Waals surface area contributed by atoms with Crippen molar-refractivity contribution in [3.63, 3.8) is 0 Å². The predicted molar refractivity (Wildman–Crippen MR) is 67.2 cm³/mol. The molecule has 0 aliphatic rings. The lowest BCUT2D eigenvalue weighted by Gasteiger charge is -2.04. The summed E-state index contributed by atoms with van der Waals surface area (Å²) < 4.78 is 0. The first-order valence-electron chi connectivity index (χ1n) is 5.41. The Morgan fingerprint density at radius 2 is 1.65 bits per heavy atom. The van der Waals surface area contributed by atoms with Gasteiger partial charge in [0, 0.05) is 5.56 Å². The summed E-state index contributed by atoms with van der Waals surface area (Å²) in [5.41, 5.74) is 4.80. The summed E-state index contributed by atoms with van der Waals surface area (Å²) in [7, 11) is 0. The molecule has 1 aromatic heterocycles. The van der Waals surface area contributed by atoms with Crippen LogP contribution in [0.2, 0.25) is 0 Å². The van der Waals surface area contributed by atoms with Gasteiger partial charge in [-0.1, -0.05) is 18.2 Å². The van der Waals surface area contributed by atoms with Gasteiger partial charge in [-0.2, -0.15) is 0 Å². The lowest BCUT2D eigenvalue weighted by molar-refractivity contribution is 0.112. The molecule has 0 saturated heterocycles. The van der Waals surface area contributed by atoms with Crippen molar-refractivity contribution < 1.29 is 4.79 Å². The number of fused-ring (bicyclic) bond motifs is 2. The molecule has 82 valence electrons. The molecule has 17 heavy (non-hydrogen) atoms. The van der Waals surface area contributed by atoms with Gasteiger partial charge in [-0.15, -0.1) is 0 Å². The van der Waals surface area contributed by atoms with Gasteiger partial charge in [0.15, 0.2) is 6.29 Å². The summed E-state index contributed by atoms with van der Waals surface area (Å²) >= 11 is 0. The molecule has 0 saturated carbocycles. The van der Waals surface area contributed by atoms with Crippen molar-refractivity contribution in [1.29, 1.82) is 0 Å². The van der Waals surface area contributed by atoms with E-state index in [-0.39, 0.29) is 0 Å². The standard InChI is InChI=1S/C14H10N2O/c1-9-4-2-6-11-13(9)16-14-10(8-17)5-3-7-12(14)15-11/h2-8H,1H3. The van der Waals surface area contributed by atoms with E-state index in [1.54, 1.807) is 6.07 Å². The second-order valence-electron chi connectivity index (χ2n) is 4.00. The van der Waals surface area contributed by atoms with Crippen LogP contribution in [0.3, 0.4) is 0 Å². The predicted octanol–water partition coefficient (Wildman–Crippen LogP) is 2.90. The van der Waals surface area contributed by atoms with E-state index < -0.39 is 0 Å². The molecule has 0 unspecified atom stereocenters. The normalized spacial score (nSPS) is 10.9. The molecule has 1 heterocycles. The van der Waals surface area contributed by atoms with Crippen LogP contribution in [0.15, 0.2) is 36.4 Å². The number of aryl methyl sites for hydroxylation is 1. The monoisotopic (exact) mass is 222 g/mol. The second kappa shape index (κ2) is 3.63.